The van der Waals surface area contributed by atoms with E-state index in [1.165, 1.54) is 0 Å². The summed E-state index contributed by atoms with van der Waals surface area (Å²) in [6, 6.07) is 12.3. The van der Waals surface area contributed by atoms with Gasteiger partial charge in [-0.05, 0) is 50.6 Å². The second-order valence-electron chi connectivity index (χ2n) is 7.91. The van der Waals surface area contributed by atoms with Gasteiger partial charge >= 0.3 is 7.48 Å². The third kappa shape index (κ3) is 3.10. The number of fused-ring (bicyclic) bond motifs is 4. The summed E-state index contributed by atoms with van der Waals surface area (Å²) >= 11 is 6.36. The number of nitrogens with zero attached hydrogens (tertiary/aromatic N) is 1. The summed E-state index contributed by atoms with van der Waals surface area (Å²) in [7, 11) is 0.242. The van der Waals surface area contributed by atoms with Crippen molar-refractivity contribution in [2.45, 2.75) is 38.9 Å². The predicted octanol–water partition coefficient (Wildman–Crippen LogP) is 4.33. The van der Waals surface area contributed by atoms with Crippen molar-refractivity contribution in [3.05, 3.63) is 47.6 Å². The topological polar surface area (TPSA) is 55.5 Å². The van der Waals surface area contributed by atoms with E-state index in [2.05, 4.69) is 23.2 Å². The Hall–Kier alpha value is -2.08. The minimum Gasteiger partial charge on any atom is -0.454 e. The fourth-order valence-electron chi connectivity index (χ4n) is 3.03. The van der Waals surface area contributed by atoms with Gasteiger partial charge in [-0.25, -0.2) is 0 Å². The highest BCUT2D eigenvalue weighted by atomic mass is 35.5. The van der Waals surface area contributed by atoms with Crippen LogP contribution in [0.3, 0.4) is 0 Å². The van der Waals surface area contributed by atoms with Gasteiger partial charge in [0.25, 0.3) is 0 Å². The smallest absolute Gasteiger partial charge is 0.330 e. The van der Waals surface area contributed by atoms with Gasteiger partial charge in [-0.2, -0.15) is 0 Å². The summed E-state index contributed by atoms with van der Waals surface area (Å²) in [5.74, 6) is 0. The molecule has 0 saturated heterocycles. The van der Waals surface area contributed by atoms with E-state index in [9.17, 15) is 5.11 Å². The van der Waals surface area contributed by atoms with Crippen molar-refractivity contribution < 1.29 is 14.2 Å². The molecule has 2 aromatic heterocycles. The first-order valence-corrected chi connectivity index (χ1v) is 9.30. The number of furan rings is 1. The average Bonchev–Trinajstić information content (AvgIpc) is 2.98. The molecule has 0 fully saturated rings. The molecule has 0 aliphatic carbocycles. The highest BCUT2D eigenvalue weighted by Crippen LogP contribution is 2.34. The molecule has 0 aliphatic rings. The van der Waals surface area contributed by atoms with Crippen LogP contribution in [0.2, 0.25) is 5.02 Å². The van der Waals surface area contributed by atoms with E-state index in [0.717, 1.165) is 32.7 Å². The zero-order chi connectivity index (χ0) is 19.4. The molecule has 2 aromatic carbocycles. The van der Waals surface area contributed by atoms with E-state index in [4.69, 9.17) is 20.7 Å². The van der Waals surface area contributed by atoms with Gasteiger partial charge in [0.05, 0.1) is 11.2 Å². The summed E-state index contributed by atoms with van der Waals surface area (Å²) in [4.78, 5) is 4.50. The quantitative estimate of drug-likeness (QED) is 0.535. The maximum absolute atomic E-state index is 10.3. The lowest BCUT2D eigenvalue weighted by Gasteiger charge is -2.37. The molecule has 0 unspecified atom stereocenters. The third-order valence-electron chi connectivity index (χ3n) is 5.44. The summed E-state index contributed by atoms with van der Waals surface area (Å²) in [5, 5.41) is 14.9. The Balaban J connectivity index is 1.88. The number of hydrogen-bond acceptors (Lipinski definition) is 4. The second-order valence-corrected chi connectivity index (χ2v) is 8.32. The number of aliphatic hydroxyl groups is 1. The van der Waals surface area contributed by atoms with Gasteiger partial charge in [-0.1, -0.05) is 35.9 Å². The number of benzene rings is 2. The van der Waals surface area contributed by atoms with E-state index in [1.807, 2.05) is 32.0 Å². The molecule has 138 valence electrons. The lowest BCUT2D eigenvalue weighted by molar-refractivity contribution is -0.0893. The predicted molar refractivity (Wildman–Crippen MR) is 112 cm³/mol. The zero-order valence-corrected chi connectivity index (χ0v) is 16.6. The van der Waals surface area contributed by atoms with Crippen LogP contribution in [-0.4, -0.2) is 28.8 Å². The van der Waals surface area contributed by atoms with Crippen LogP contribution in [0.1, 0.15) is 27.7 Å². The normalized spacial score (nSPS) is 13.0. The van der Waals surface area contributed by atoms with Gasteiger partial charge in [0, 0.05) is 22.6 Å². The molecule has 2 heterocycles. The molecule has 0 atom stereocenters. The summed E-state index contributed by atoms with van der Waals surface area (Å²) in [5.41, 5.74) is 0.374. The minimum absolute atomic E-state index is 0.242. The van der Waals surface area contributed by atoms with Crippen LogP contribution >= 0.6 is 11.6 Å². The Morgan fingerprint density at radius 1 is 1.11 bits per heavy atom. The first-order valence-electron chi connectivity index (χ1n) is 8.92. The average molecular weight is 382 g/mol. The Bertz CT molecular complexity index is 1160. The molecule has 0 saturated carbocycles. The molecule has 4 aromatic rings. The Labute approximate surface area is 163 Å². The minimum atomic E-state index is -0.993. The van der Waals surface area contributed by atoms with Crippen molar-refractivity contribution >= 4 is 57.4 Å². The summed E-state index contributed by atoms with van der Waals surface area (Å²) in [6.45, 7) is 7.19. The van der Waals surface area contributed by atoms with E-state index in [0.29, 0.717) is 10.6 Å². The third-order valence-corrected chi connectivity index (χ3v) is 5.71. The Kier molecular flexibility index (Phi) is 4.22. The standard InChI is InChI=1S/C21H21BClNO3/c1-20(2,25)21(3,4)27-22-19-17-14-9-12-7-5-6-8-13(12)10-16(14)26-18(17)15(23)11-24-19/h5-11,22,25H,1-4H3. The van der Waals surface area contributed by atoms with E-state index >= 15 is 0 Å². The molecular formula is C21H21BClNO3. The van der Waals surface area contributed by atoms with Crippen LogP contribution in [0.15, 0.2) is 47.0 Å². The summed E-state index contributed by atoms with van der Waals surface area (Å²) < 4.78 is 12.1. The van der Waals surface area contributed by atoms with E-state index in [1.54, 1.807) is 20.0 Å². The van der Waals surface area contributed by atoms with Crippen molar-refractivity contribution in [3.8, 4) is 0 Å². The van der Waals surface area contributed by atoms with Gasteiger partial charge in [0.2, 0.25) is 0 Å². The van der Waals surface area contributed by atoms with Crippen LogP contribution in [0.5, 0.6) is 0 Å². The molecule has 4 rings (SSSR count). The monoisotopic (exact) mass is 381 g/mol. The first-order chi connectivity index (χ1) is 12.7. The largest absolute Gasteiger partial charge is 0.454 e. The number of hydrogen-bond donors (Lipinski definition) is 1. The second kappa shape index (κ2) is 6.23. The van der Waals surface area contributed by atoms with Gasteiger partial charge in [0.1, 0.15) is 10.6 Å². The number of aromatic nitrogens is 1. The highest BCUT2D eigenvalue weighted by molar-refractivity contribution is 6.52. The number of pyridine rings is 1. The van der Waals surface area contributed by atoms with Crippen LogP contribution < -0.4 is 5.59 Å². The Morgan fingerprint density at radius 2 is 1.78 bits per heavy atom. The van der Waals surface area contributed by atoms with Crippen LogP contribution in [0, 0.1) is 0 Å². The van der Waals surface area contributed by atoms with Gasteiger partial charge in [-0.3, -0.25) is 4.98 Å². The van der Waals surface area contributed by atoms with Crippen molar-refractivity contribution in [2.75, 3.05) is 0 Å². The van der Waals surface area contributed by atoms with Crippen molar-refractivity contribution in [1.82, 2.24) is 4.98 Å². The summed E-state index contributed by atoms with van der Waals surface area (Å²) in [6.07, 6.45) is 1.59. The molecule has 6 heteroatoms. The van der Waals surface area contributed by atoms with Crippen LogP contribution in [-0.2, 0) is 4.65 Å². The molecule has 0 bridgehead atoms. The van der Waals surface area contributed by atoms with Crippen molar-refractivity contribution in [2.24, 2.45) is 0 Å². The molecule has 1 N–H and O–H groups in total. The molecule has 0 amide bonds. The van der Waals surface area contributed by atoms with Crippen LogP contribution in [0.25, 0.3) is 32.7 Å². The molecule has 0 aliphatic heterocycles. The fourth-order valence-corrected chi connectivity index (χ4v) is 3.21. The van der Waals surface area contributed by atoms with Gasteiger partial charge < -0.3 is 14.2 Å². The fraction of sp³-hybridized carbons (Fsp3) is 0.286. The highest BCUT2D eigenvalue weighted by Gasteiger charge is 2.36. The molecule has 4 nitrogen and oxygen atoms in total. The lowest BCUT2D eigenvalue weighted by atomic mass is 9.83. The van der Waals surface area contributed by atoms with Crippen LogP contribution in [0.4, 0.5) is 0 Å². The lowest BCUT2D eigenvalue weighted by Crippen LogP contribution is -2.49. The zero-order valence-electron chi connectivity index (χ0n) is 15.8. The first kappa shape index (κ1) is 18.3. The van der Waals surface area contributed by atoms with Gasteiger partial charge in [-0.15, -0.1) is 0 Å². The molecular weight excluding hydrogens is 361 g/mol. The maximum Gasteiger partial charge on any atom is 0.330 e. The SMILES string of the molecule is CC(C)(O)C(C)(C)OBc1ncc(Cl)c2oc3cc4ccccc4cc3c12. The van der Waals surface area contributed by atoms with Crippen molar-refractivity contribution in [3.63, 3.8) is 0 Å². The maximum atomic E-state index is 10.3. The Morgan fingerprint density at radius 3 is 2.44 bits per heavy atom. The molecule has 27 heavy (non-hydrogen) atoms. The number of halogens is 1. The van der Waals surface area contributed by atoms with Crippen molar-refractivity contribution in [1.29, 1.82) is 0 Å². The molecule has 0 radical (unpaired) electrons. The number of rotatable bonds is 4. The van der Waals surface area contributed by atoms with E-state index in [-0.39, 0.29) is 7.48 Å². The van der Waals surface area contributed by atoms with Gasteiger partial charge in [0.15, 0.2) is 5.58 Å². The van der Waals surface area contributed by atoms with E-state index < -0.39 is 11.2 Å². The molecule has 0 spiro atoms.